The van der Waals surface area contributed by atoms with Crippen molar-refractivity contribution in [2.24, 2.45) is 10.2 Å². The fourth-order valence-electron chi connectivity index (χ4n) is 3.52. The van der Waals surface area contributed by atoms with E-state index < -0.39 is 11.8 Å². The van der Waals surface area contributed by atoms with Gasteiger partial charge in [-0.05, 0) is 90.3 Å². The van der Waals surface area contributed by atoms with Crippen LogP contribution in [0.15, 0.2) is 95.1 Å². The lowest BCUT2D eigenvalue weighted by Crippen LogP contribution is -2.17. The summed E-state index contributed by atoms with van der Waals surface area (Å²) in [5.74, 6) is -0.834. The zero-order valence-electron chi connectivity index (χ0n) is 20.3. The molecule has 4 aromatic rings. The summed E-state index contributed by atoms with van der Waals surface area (Å²) in [5, 5.41) is 29.4. The highest BCUT2D eigenvalue weighted by atomic mass is 35.5. The van der Waals surface area contributed by atoms with Crippen LogP contribution in [0.5, 0.6) is 11.5 Å². The van der Waals surface area contributed by atoms with E-state index in [1.165, 1.54) is 24.6 Å². The van der Waals surface area contributed by atoms with Crippen LogP contribution >= 0.6 is 23.2 Å². The van der Waals surface area contributed by atoms with Gasteiger partial charge < -0.3 is 10.2 Å². The molecule has 0 unspecified atom stereocenters. The number of nitrogens with zero attached hydrogens (tertiary/aromatic N) is 2. The van der Waals surface area contributed by atoms with Crippen LogP contribution in [-0.2, 0) is 6.42 Å². The second-order valence-corrected chi connectivity index (χ2v) is 9.25. The van der Waals surface area contributed by atoms with Crippen molar-refractivity contribution < 1.29 is 19.8 Å². The summed E-state index contributed by atoms with van der Waals surface area (Å²) in [4.78, 5) is 24.4. The molecule has 4 aromatic carbocycles. The molecule has 196 valence electrons. The van der Waals surface area contributed by atoms with E-state index in [2.05, 4.69) is 21.1 Å². The summed E-state index contributed by atoms with van der Waals surface area (Å²) in [5.41, 5.74) is 8.14. The number of carbonyl (C=O) groups excluding carboxylic acids is 2. The fraction of sp³-hybridized carbons (Fsp3) is 0.0345. The van der Waals surface area contributed by atoms with E-state index in [4.69, 9.17) is 23.2 Å². The Bertz CT molecular complexity index is 1440. The molecule has 8 nitrogen and oxygen atoms in total. The molecule has 4 rings (SSSR count). The lowest BCUT2D eigenvalue weighted by Gasteiger charge is -2.07. The van der Waals surface area contributed by atoms with Crippen LogP contribution in [0, 0.1) is 0 Å². The third-order valence-electron chi connectivity index (χ3n) is 5.54. The van der Waals surface area contributed by atoms with E-state index >= 15 is 0 Å². The van der Waals surface area contributed by atoms with Gasteiger partial charge in [-0.2, -0.15) is 10.2 Å². The molecule has 0 bridgehead atoms. The zero-order valence-corrected chi connectivity index (χ0v) is 21.8. The number of benzene rings is 4. The number of nitrogens with one attached hydrogen (secondary N) is 2. The Morgan fingerprint density at radius 3 is 1.41 bits per heavy atom. The zero-order chi connectivity index (χ0) is 27.8. The average Bonchev–Trinajstić information content (AvgIpc) is 2.92. The number of carbonyl (C=O) groups is 2. The summed E-state index contributed by atoms with van der Waals surface area (Å²) in [6, 6.07) is 22.8. The molecule has 0 aromatic heterocycles. The Morgan fingerprint density at radius 1 is 0.641 bits per heavy atom. The van der Waals surface area contributed by atoms with Gasteiger partial charge in [0.2, 0.25) is 0 Å². The SMILES string of the molecule is O=C(N/N=C\c1cc(Cc2ccc(O)c(/C=N\NC(=O)c3ccc(Cl)cc3)c2)ccc1O)c1ccc(Cl)cc1. The van der Waals surface area contributed by atoms with Gasteiger partial charge in [-0.3, -0.25) is 9.59 Å². The van der Waals surface area contributed by atoms with E-state index in [1.807, 2.05) is 0 Å². The van der Waals surface area contributed by atoms with Crippen molar-refractivity contribution in [3.8, 4) is 11.5 Å². The van der Waals surface area contributed by atoms with Gasteiger partial charge in [-0.25, -0.2) is 10.9 Å². The average molecular weight is 561 g/mol. The number of amides is 2. The molecule has 0 aliphatic carbocycles. The van der Waals surface area contributed by atoms with Crippen LogP contribution in [0.2, 0.25) is 10.0 Å². The minimum Gasteiger partial charge on any atom is -0.507 e. The normalized spacial score (nSPS) is 11.1. The molecular weight excluding hydrogens is 539 g/mol. The monoisotopic (exact) mass is 560 g/mol. The molecule has 10 heteroatoms. The molecular formula is C29H22Cl2N4O4. The summed E-state index contributed by atoms with van der Waals surface area (Å²) >= 11 is 11.7. The van der Waals surface area contributed by atoms with Crippen molar-refractivity contribution in [3.05, 3.63) is 128 Å². The Kier molecular flexibility index (Phi) is 8.94. The number of hydrogen-bond acceptors (Lipinski definition) is 6. The maximum absolute atomic E-state index is 12.2. The number of halogens is 2. The lowest BCUT2D eigenvalue weighted by atomic mass is 10.0. The minimum atomic E-state index is -0.416. The number of rotatable bonds is 8. The summed E-state index contributed by atoms with van der Waals surface area (Å²) in [6.07, 6.45) is 3.17. The van der Waals surface area contributed by atoms with Crippen LogP contribution in [0.25, 0.3) is 0 Å². The van der Waals surface area contributed by atoms with Gasteiger partial charge in [0, 0.05) is 32.3 Å². The standard InChI is InChI=1S/C29H22Cl2N4O4/c30-24-7-3-20(4-8-24)28(38)34-32-16-22-14-18(1-11-26(22)36)13-19-2-12-27(37)23(15-19)17-33-35-29(39)21-5-9-25(31)10-6-21/h1-12,14-17,36-37H,13H2,(H,34,38)(H,35,39)/b32-16-,33-17-. The second-order valence-electron chi connectivity index (χ2n) is 8.38. The maximum atomic E-state index is 12.2. The van der Waals surface area contributed by atoms with Crippen LogP contribution in [0.4, 0.5) is 0 Å². The topological polar surface area (TPSA) is 123 Å². The van der Waals surface area contributed by atoms with E-state index in [0.717, 1.165) is 11.1 Å². The first-order valence-corrected chi connectivity index (χ1v) is 12.4. The lowest BCUT2D eigenvalue weighted by molar-refractivity contribution is 0.0947. The quantitative estimate of drug-likeness (QED) is 0.167. The number of phenols is 2. The van der Waals surface area contributed by atoms with E-state index in [0.29, 0.717) is 38.7 Å². The first-order valence-electron chi connectivity index (χ1n) is 11.6. The molecule has 0 heterocycles. The fourth-order valence-corrected chi connectivity index (χ4v) is 3.77. The summed E-state index contributed by atoms with van der Waals surface area (Å²) < 4.78 is 0. The predicted molar refractivity (Wildman–Crippen MR) is 152 cm³/mol. The van der Waals surface area contributed by atoms with E-state index in [1.54, 1.807) is 72.8 Å². The number of aromatic hydroxyl groups is 2. The van der Waals surface area contributed by atoms with Crippen molar-refractivity contribution >= 4 is 47.4 Å². The van der Waals surface area contributed by atoms with Crippen LogP contribution in [-0.4, -0.2) is 34.5 Å². The van der Waals surface area contributed by atoms with E-state index in [9.17, 15) is 19.8 Å². The Labute approximate surface area is 234 Å². The van der Waals surface area contributed by atoms with Gasteiger partial charge in [0.15, 0.2) is 0 Å². The smallest absolute Gasteiger partial charge is 0.271 e. The maximum Gasteiger partial charge on any atom is 0.271 e. The Hall–Kier alpha value is -4.66. The highest BCUT2D eigenvalue weighted by Gasteiger charge is 2.08. The summed E-state index contributed by atoms with van der Waals surface area (Å²) in [6.45, 7) is 0. The molecule has 0 aliphatic heterocycles. The molecule has 2 amide bonds. The highest BCUT2D eigenvalue weighted by Crippen LogP contribution is 2.22. The van der Waals surface area contributed by atoms with Crippen LogP contribution < -0.4 is 10.9 Å². The summed E-state index contributed by atoms with van der Waals surface area (Å²) in [7, 11) is 0. The van der Waals surface area contributed by atoms with Gasteiger partial charge in [-0.15, -0.1) is 0 Å². The predicted octanol–water partition coefficient (Wildman–Crippen LogP) is 5.52. The van der Waals surface area contributed by atoms with Crippen molar-refractivity contribution in [1.82, 2.24) is 10.9 Å². The molecule has 0 radical (unpaired) electrons. The molecule has 0 aliphatic rings. The molecule has 0 saturated heterocycles. The highest BCUT2D eigenvalue weighted by molar-refractivity contribution is 6.31. The number of hydrogen-bond donors (Lipinski definition) is 4. The van der Waals surface area contributed by atoms with Gasteiger partial charge in [0.1, 0.15) is 11.5 Å². The Morgan fingerprint density at radius 2 is 1.03 bits per heavy atom. The Balaban J connectivity index is 1.41. The first-order chi connectivity index (χ1) is 18.8. The molecule has 0 atom stereocenters. The number of phenolic OH excluding ortho intramolecular Hbond substituents is 2. The number of hydrazone groups is 2. The second kappa shape index (κ2) is 12.7. The molecule has 4 N–H and O–H groups in total. The largest absolute Gasteiger partial charge is 0.507 e. The van der Waals surface area contributed by atoms with Crippen molar-refractivity contribution in [2.45, 2.75) is 6.42 Å². The molecule has 39 heavy (non-hydrogen) atoms. The van der Waals surface area contributed by atoms with Crippen molar-refractivity contribution in [1.29, 1.82) is 0 Å². The van der Waals surface area contributed by atoms with Gasteiger partial charge >= 0.3 is 0 Å². The van der Waals surface area contributed by atoms with Crippen molar-refractivity contribution in [3.63, 3.8) is 0 Å². The van der Waals surface area contributed by atoms with Gasteiger partial charge in [-0.1, -0.05) is 35.3 Å². The van der Waals surface area contributed by atoms with Gasteiger partial charge in [0.25, 0.3) is 11.8 Å². The molecule has 0 fully saturated rings. The van der Waals surface area contributed by atoms with Crippen molar-refractivity contribution in [2.75, 3.05) is 0 Å². The molecule has 0 saturated carbocycles. The van der Waals surface area contributed by atoms with Crippen LogP contribution in [0.1, 0.15) is 43.0 Å². The van der Waals surface area contributed by atoms with Gasteiger partial charge in [0.05, 0.1) is 12.4 Å². The van der Waals surface area contributed by atoms with Crippen LogP contribution in [0.3, 0.4) is 0 Å². The van der Waals surface area contributed by atoms with E-state index in [-0.39, 0.29) is 11.5 Å². The third-order valence-corrected chi connectivity index (χ3v) is 6.05. The minimum absolute atomic E-state index is 0.00167. The molecule has 0 spiro atoms. The first kappa shape index (κ1) is 27.4. The third kappa shape index (κ3) is 7.67.